The molecule has 3 N–H and O–H groups in total. The van der Waals surface area contributed by atoms with E-state index in [9.17, 15) is 9.90 Å². The Balaban J connectivity index is 1.85. The summed E-state index contributed by atoms with van der Waals surface area (Å²) < 4.78 is 1.76. The molecule has 0 unspecified atom stereocenters. The Hall–Kier alpha value is -1.89. The highest BCUT2D eigenvalue weighted by Gasteiger charge is 2.23. The summed E-state index contributed by atoms with van der Waals surface area (Å²) in [6.45, 7) is 6.68. The van der Waals surface area contributed by atoms with Crippen molar-refractivity contribution < 1.29 is 5.11 Å². The normalized spacial score (nSPS) is 22.4. The zero-order chi connectivity index (χ0) is 16.6. The summed E-state index contributed by atoms with van der Waals surface area (Å²) in [4.78, 5) is 19.5. The van der Waals surface area contributed by atoms with E-state index in [1.165, 1.54) is 0 Å². The molecule has 0 saturated heterocycles. The van der Waals surface area contributed by atoms with Crippen LogP contribution in [0.25, 0.3) is 11.0 Å². The Kier molecular flexibility index (Phi) is 4.14. The minimum Gasteiger partial charge on any atom is -0.393 e. The first-order valence-corrected chi connectivity index (χ1v) is 8.27. The molecule has 0 radical (unpaired) electrons. The van der Waals surface area contributed by atoms with E-state index in [1.807, 2.05) is 20.8 Å². The zero-order valence-corrected chi connectivity index (χ0v) is 14.0. The average molecular weight is 319 g/mol. The molecule has 1 aliphatic carbocycles. The molecule has 1 saturated carbocycles. The number of nitrogens with one attached hydrogen (secondary N) is 2. The summed E-state index contributed by atoms with van der Waals surface area (Å²) >= 11 is 0. The van der Waals surface area contributed by atoms with Crippen molar-refractivity contribution in [2.24, 2.45) is 5.92 Å². The van der Waals surface area contributed by atoms with Crippen LogP contribution in [0.4, 0.5) is 5.95 Å². The molecule has 126 valence electrons. The fourth-order valence-corrected chi connectivity index (χ4v) is 3.15. The van der Waals surface area contributed by atoms with Crippen LogP contribution in [0.3, 0.4) is 0 Å². The number of nitrogens with zero attached hydrogens (tertiary/aromatic N) is 3. The van der Waals surface area contributed by atoms with Crippen LogP contribution in [0.15, 0.2) is 11.0 Å². The fraction of sp³-hybridized carbons (Fsp3) is 0.688. The van der Waals surface area contributed by atoms with Gasteiger partial charge in [-0.05, 0) is 33.6 Å². The number of fused-ring (bicyclic) bond motifs is 1. The maximum Gasteiger partial charge on any atom is 0.263 e. The van der Waals surface area contributed by atoms with Gasteiger partial charge in [-0.15, -0.1) is 0 Å². The van der Waals surface area contributed by atoms with Crippen molar-refractivity contribution in [3.63, 3.8) is 0 Å². The van der Waals surface area contributed by atoms with Gasteiger partial charge in [-0.1, -0.05) is 12.8 Å². The van der Waals surface area contributed by atoms with Gasteiger partial charge in [0, 0.05) is 12.5 Å². The third-order valence-corrected chi connectivity index (χ3v) is 4.47. The number of hydrogen-bond acceptors (Lipinski definition) is 5. The predicted molar refractivity (Wildman–Crippen MR) is 89.6 cm³/mol. The molecule has 7 nitrogen and oxygen atoms in total. The summed E-state index contributed by atoms with van der Waals surface area (Å²) in [6, 6.07) is 0. The quantitative estimate of drug-likeness (QED) is 0.802. The van der Waals surface area contributed by atoms with Gasteiger partial charge in [0.15, 0.2) is 5.65 Å². The van der Waals surface area contributed by atoms with Gasteiger partial charge >= 0.3 is 0 Å². The second kappa shape index (κ2) is 5.96. The average Bonchev–Trinajstić information content (AvgIpc) is 2.91. The molecular weight excluding hydrogens is 294 g/mol. The molecule has 0 spiro atoms. The van der Waals surface area contributed by atoms with E-state index in [0.29, 0.717) is 23.5 Å². The number of aliphatic hydroxyl groups excluding tert-OH is 1. The van der Waals surface area contributed by atoms with Gasteiger partial charge in [0.2, 0.25) is 5.95 Å². The Morgan fingerprint density at radius 1 is 1.39 bits per heavy atom. The van der Waals surface area contributed by atoms with E-state index in [1.54, 1.807) is 10.9 Å². The molecular formula is C16H25N5O2. The van der Waals surface area contributed by atoms with Gasteiger partial charge < -0.3 is 10.4 Å². The SMILES string of the molecule is CC(C)(C)n1ncc2c(=O)[nH]c(NC[C@H]3CCCC[C@@H]3O)nc21. The van der Waals surface area contributed by atoms with E-state index in [0.717, 1.165) is 25.7 Å². The van der Waals surface area contributed by atoms with Gasteiger partial charge in [0.05, 0.1) is 17.8 Å². The predicted octanol–water partition coefficient (Wildman–Crippen LogP) is 1.84. The lowest BCUT2D eigenvalue weighted by Crippen LogP contribution is -2.31. The molecule has 7 heteroatoms. The van der Waals surface area contributed by atoms with Crippen LogP contribution in [-0.4, -0.2) is 37.5 Å². The molecule has 3 rings (SSSR count). The molecule has 1 fully saturated rings. The largest absolute Gasteiger partial charge is 0.393 e. The Labute approximate surface area is 135 Å². The van der Waals surface area contributed by atoms with Crippen molar-refractivity contribution in [2.75, 3.05) is 11.9 Å². The standard InChI is InChI=1S/C16H25N5O2/c1-16(2,3)21-13-11(9-18-21)14(23)20-15(19-13)17-8-10-6-4-5-7-12(10)22/h9-10,12,22H,4-8H2,1-3H3,(H2,17,19,20,23)/t10-,12+/m1/s1. The number of hydrogen-bond donors (Lipinski definition) is 3. The molecule has 0 aromatic carbocycles. The van der Waals surface area contributed by atoms with Crippen molar-refractivity contribution in [3.05, 3.63) is 16.6 Å². The van der Waals surface area contributed by atoms with Crippen molar-refractivity contribution >= 4 is 17.0 Å². The van der Waals surface area contributed by atoms with Crippen LogP contribution in [0.1, 0.15) is 46.5 Å². The zero-order valence-electron chi connectivity index (χ0n) is 14.0. The maximum absolute atomic E-state index is 12.2. The van der Waals surface area contributed by atoms with Gasteiger partial charge in [-0.2, -0.15) is 10.1 Å². The highest BCUT2D eigenvalue weighted by Crippen LogP contribution is 2.24. The van der Waals surface area contributed by atoms with Crippen LogP contribution in [0, 0.1) is 5.92 Å². The van der Waals surface area contributed by atoms with Crippen molar-refractivity contribution in [3.8, 4) is 0 Å². The van der Waals surface area contributed by atoms with Gasteiger partial charge in [0.1, 0.15) is 5.39 Å². The second-order valence-electron chi connectivity index (χ2n) is 7.37. The first-order valence-electron chi connectivity index (χ1n) is 8.27. The number of anilines is 1. The molecule has 2 aromatic rings. The smallest absolute Gasteiger partial charge is 0.263 e. The summed E-state index contributed by atoms with van der Waals surface area (Å²) in [7, 11) is 0. The third-order valence-electron chi connectivity index (χ3n) is 4.47. The lowest BCUT2D eigenvalue weighted by Gasteiger charge is -2.27. The molecule has 0 aliphatic heterocycles. The van der Waals surface area contributed by atoms with Crippen LogP contribution >= 0.6 is 0 Å². The van der Waals surface area contributed by atoms with E-state index in [2.05, 4.69) is 20.4 Å². The number of aromatic amines is 1. The molecule has 2 aromatic heterocycles. The minimum atomic E-state index is -0.271. The highest BCUT2D eigenvalue weighted by molar-refractivity contribution is 5.74. The molecule has 0 bridgehead atoms. The van der Waals surface area contributed by atoms with Crippen molar-refractivity contribution in [1.82, 2.24) is 19.7 Å². The highest BCUT2D eigenvalue weighted by atomic mass is 16.3. The maximum atomic E-state index is 12.2. The summed E-state index contributed by atoms with van der Waals surface area (Å²) in [5.41, 5.74) is 0.129. The third kappa shape index (κ3) is 3.24. The van der Waals surface area contributed by atoms with Crippen LogP contribution in [0.5, 0.6) is 0 Å². The first-order chi connectivity index (χ1) is 10.9. The van der Waals surface area contributed by atoms with Crippen molar-refractivity contribution in [2.45, 2.75) is 58.1 Å². The Morgan fingerprint density at radius 3 is 2.83 bits per heavy atom. The molecule has 2 heterocycles. The number of aromatic nitrogens is 4. The summed E-state index contributed by atoms with van der Waals surface area (Å²) in [6.07, 6.45) is 5.37. The molecule has 2 atom stereocenters. The minimum absolute atomic E-state index is 0.197. The van der Waals surface area contributed by atoms with E-state index >= 15 is 0 Å². The Bertz CT molecular complexity index is 743. The number of aliphatic hydroxyl groups is 1. The monoisotopic (exact) mass is 319 g/mol. The second-order valence-corrected chi connectivity index (χ2v) is 7.37. The lowest BCUT2D eigenvalue weighted by atomic mass is 9.86. The van der Waals surface area contributed by atoms with Gasteiger partial charge in [-0.3, -0.25) is 9.78 Å². The van der Waals surface area contributed by atoms with Crippen LogP contribution < -0.4 is 10.9 Å². The van der Waals surface area contributed by atoms with Crippen LogP contribution in [-0.2, 0) is 5.54 Å². The van der Waals surface area contributed by atoms with E-state index in [4.69, 9.17) is 0 Å². The number of H-pyrrole nitrogens is 1. The van der Waals surface area contributed by atoms with Gasteiger partial charge in [-0.25, -0.2) is 4.68 Å². The topological polar surface area (TPSA) is 95.8 Å². The fourth-order valence-electron chi connectivity index (χ4n) is 3.15. The summed E-state index contributed by atoms with van der Waals surface area (Å²) in [5.74, 6) is 0.642. The van der Waals surface area contributed by atoms with Crippen molar-refractivity contribution in [1.29, 1.82) is 0 Å². The Morgan fingerprint density at radius 2 is 2.13 bits per heavy atom. The van der Waals surface area contributed by atoms with Gasteiger partial charge in [0.25, 0.3) is 5.56 Å². The molecule has 0 amide bonds. The first kappa shape index (κ1) is 16.0. The summed E-state index contributed by atoms with van der Waals surface area (Å²) in [5, 5.41) is 18.0. The number of rotatable bonds is 3. The van der Waals surface area contributed by atoms with E-state index < -0.39 is 0 Å². The van der Waals surface area contributed by atoms with Crippen LogP contribution in [0.2, 0.25) is 0 Å². The lowest BCUT2D eigenvalue weighted by molar-refractivity contribution is 0.0762. The van der Waals surface area contributed by atoms with E-state index in [-0.39, 0.29) is 23.1 Å². The molecule has 1 aliphatic rings. The molecule has 23 heavy (non-hydrogen) atoms.